The molecule has 0 amide bonds. The van der Waals surface area contributed by atoms with Crippen molar-refractivity contribution >= 4 is 16.0 Å². The number of nitrogens with zero attached hydrogens (tertiary/aromatic N) is 1. The average Bonchev–Trinajstić information content (AvgIpc) is 2.38. The van der Waals surface area contributed by atoms with E-state index in [1.165, 1.54) is 0 Å². The minimum absolute atomic E-state index is 0.285. The Hall–Kier alpha value is -1.54. The van der Waals surface area contributed by atoms with Gasteiger partial charge in [0.2, 0.25) is 10.0 Å². The van der Waals surface area contributed by atoms with Gasteiger partial charge in [0.25, 0.3) is 0 Å². The van der Waals surface area contributed by atoms with Crippen LogP contribution in [0.1, 0.15) is 19.8 Å². The van der Waals surface area contributed by atoms with E-state index in [2.05, 4.69) is 0 Å². The molecule has 116 valence electrons. The van der Waals surface area contributed by atoms with Crippen molar-refractivity contribution in [2.24, 2.45) is 5.92 Å². The molecular formula is C13H15F2NO4S. The monoisotopic (exact) mass is 319 g/mol. The molecular weight excluding hydrogens is 304 g/mol. The van der Waals surface area contributed by atoms with E-state index >= 15 is 0 Å². The molecule has 2 unspecified atom stereocenters. The molecule has 1 fully saturated rings. The normalized spacial score (nSPS) is 24.0. The molecule has 1 aliphatic rings. The maximum atomic E-state index is 13.7. The van der Waals surface area contributed by atoms with Gasteiger partial charge >= 0.3 is 5.97 Å². The van der Waals surface area contributed by atoms with Gasteiger partial charge < -0.3 is 5.11 Å². The van der Waals surface area contributed by atoms with Gasteiger partial charge in [-0.3, -0.25) is 4.79 Å². The van der Waals surface area contributed by atoms with Crippen LogP contribution in [0, 0.1) is 17.6 Å². The van der Waals surface area contributed by atoms with Gasteiger partial charge in [-0.25, -0.2) is 17.2 Å². The lowest BCUT2D eigenvalue weighted by Gasteiger charge is -2.35. The molecule has 2 atom stereocenters. The van der Waals surface area contributed by atoms with Crippen LogP contribution in [0.2, 0.25) is 0 Å². The molecule has 0 bridgehead atoms. The van der Waals surface area contributed by atoms with Gasteiger partial charge in [-0.2, -0.15) is 4.31 Å². The van der Waals surface area contributed by atoms with E-state index in [4.69, 9.17) is 5.11 Å². The number of carboxylic acid groups (broad SMARTS) is 1. The van der Waals surface area contributed by atoms with Gasteiger partial charge in [0, 0.05) is 12.6 Å². The molecule has 0 aliphatic carbocycles. The fraction of sp³-hybridized carbons (Fsp3) is 0.462. The van der Waals surface area contributed by atoms with Crippen molar-refractivity contribution in [2.45, 2.75) is 30.7 Å². The molecule has 1 heterocycles. The van der Waals surface area contributed by atoms with Crippen molar-refractivity contribution in [3.8, 4) is 0 Å². The minimum Gasteiger partial charge on any atom is -0.481 e. The molecule has 21 heavy (non-hydrogen) atoms. The molecule has 0 radical (unpaired) electrons. The summed E-state index contributed by atoms with van der Waals surface area (Å²) in [5.74, 6) is -4.35. The average molecular weight is 319 g/mol. The number of aliphatic carboxylic acids is 1. The number of piperidine rings is 1. The second-order valence-corrected chi connectivity index (χ2v) is 6.91. The van der Waals surface area contributed by atoms with E-state index in [1.807, 2.05) is 0 Å². The Morgan fingerprint density at radius 3 is 2.38 bits per heavy atom. The van der Waals surface area contributed by atoms with Crippen LogP contribution in [-0.4, -0.2) is 36.4 Å². The molecule has 8 heteroatoms. The highest BCUT2D eigenvalue weighted by molar-refractivity contribution is 7.89. The fourth-order valence-corrected chi connectivity index (χ4v) is 4.28. The quantitative estimate of drug-likeness (QED) is 0.922. The topological polar surface area (TPSA) is 74.7 Å². The predicted octanol–water partition coefficient (Wildman–Crippen LogP) is 1.84. The molecule has 2 rings (SSSR count). The smallest absolute Gasteiger partial charge is 0.307 e. The van der Waals surface area contributed by atoms with E-state index in [0.717, 1.165) is 22.5 Å². The summed E-state index contributed by atoms with van der Waals surface area (Å²) in [7, 11) is -4.42. The number of sulfonamides is 1. The number of benzene rings is 1. The first-order chi connectivity index (χ1) is 9.75. The second kappa shape index (κ2) is 5.69. The zero-order chi connectivity index (χ0) is 15.8. The Kier molecular flexibility index (Phi) is 4.29. The number of hydrogen-bond donors (Lipinski definition) is 1. The van der Waals surface area contributed by atoms with Crippen LogP contribution in [0.25, 0.3) is 0 Å². The van der Waals surface area contributed by atoms with E-state index in [1.54, 1.807) is 6.92 Å². The maximum Gasteiger partial charge on any atom is 0.307 e. The molecule has 0 spiro atoms. The van der Waals surface area contributed by atoms with E-state index in [9.17, 15) is 22.0 Å². The van der Waals surface area contributed by atoms with Crippen LogP contribution in [0.15, 0.2) is 23.1 Å². The molecule has 0 saturated carbocycles. The molecule has 5 nitrogen and oxygen atoms in total. The first-order valence-corrected chi connectivity index (χ1v) is 7.88. The second-order valence-electron chi connectivity index (χ2n) is 5.09. The molecule has 1 saturated heterocycles. The number of carbonyl (C=O) groups is 1. The summed E-state index contributed by atoms with van der Waals surface area (Å²) >= 11 is 0. The molecule has 1 aromatic rings. The first kappa shape index (κ1) is 15.8. The summed E-state index contributed by atoms with van der Waals surface area (Å²) in [5.41, 5.74) is 0. The SMILES string of the molecule is CC1CCC(C(=O)O)CN1S(=O)(=O)c1c(F)cccc1F. The van der Waals surface area contributed by atoms with Gasteiger partial charge in [0.05, 0.1) is 5.92 Å². The lowest BCUT2D eigenvalue weighted by atomic mass is 9.96. The number of hydrogen-bond acceptors (Lipinski definition) is 3. The van der Waals surface area contributed by atoms with Crippen LogP contribution in [-0.2, 0) is 14.8 Å². The van der Waals surface area contributed by atoms with Crippen molar-refractivity contribution in [1.29, 1.82) is 0 Å². The molecule has 1 aliphatic heterocycles. The number of halogens is 2. The maximum absolute atomic E-state index is 13.7. The van der Waals surface area contributed by atoms with Gasteiger partial charge in [0.15, 0.2) is 4.90 Å². The van der Waals surface area contributed by atoms with Crippen LogP contribution in [0.3, 0.4) is 0 Å². The van der Waals surface area contributed by atoms with E-state index in [0.29, 0.717) is 12.8 Å². The summed E-state index contributed by atoms with van der Waals surface area (Å²) in [6, 6.07) is 2.28. The van der Waals surface area contributed by atoms with Gasteiger partial charge in [-0.1, -0.05) is 6.07 Å². The number of carboxylic acids is 1. The Morgan fingerprint density at radius 1 is 1.29 bits per heavy atom. The predicted molar refractivity (Wildman–Crippen MR) is 70.1 cm³/mol. The van der Waals surface area contributed by atoms with Crippen molar-refractivity contribution in [3.05, 3.63) is 29.8 Å². The van der Waals surface area contributed by atoms with Crippen molar-refractivity contribution in [1.82, 2.24) is 4.31 Å². The standard InChI is InChI=1S/C13H15F2NO4S/c1-8-5-6-9(13(17)18)7-16(8)21(19,20)12-10(14)3-2-4-11(12)15/h2-4,8-9H,5-7H2,1H3,(H,17,18). The van der Waals surface area contributed by atoms with Gasteiger partial charge in [0.1, 0.15) is 11.6 Å². The van der Waals surface area contributed by atoms with Crippen molar-refractivity contribution in [2.75, 3.05) is 6.54 Å². The highest BCUT2D eigenvalue weighted by Crippen LogP contribution is 2.30. The highest BCUT2D eigenvalue weighted by atomic mass is 32.2. The summed E-state index contributed by atoms with van der Waals surface area (Å²) < 4.78 is 53.2. The molecule has 1 N–H and O–H groups in total. The fourth-order valence-electron chi connectivity index (χ4n) is 2.46. The van der Waals surface area contributed by atoms with E-state index < -0.39 is 44.5 Å². The molecule has 1 aromatic carbocycles. The van der Waals surface area contributed by atoms with Crippen LogP contribution in [0.4, 0.5) is 8.78 Å². The Bertz CT molecular complexity index is 642. The third-order valence-corrected chi connectivity index (χ3v) is 5.69. The highest BCUT2D eigenvalue weighted by Gasteiger charge is 2.39. The van der Waals surface area contributed by atoms with E-state index in [-0.39, 0.29) is 6.54 Å². The largest absolute Gasteiger partial charge is 0.481 e. The third-order valence-electron chi connectivity index (χ3n) is 3.66. The zero-order valence-corrected chi connectivity index (χ0v) is 12.1. The minimum atomic E-state index is -4.42. The van der Waals surface area contributed by atoms with Gasteiger partial charge in [-0.05, 0) is 31.9 Å². The lowest BCUT2D eigenvalue weighted by molar-refractivity contribution is -0.143. The Morgan fingerprint density at radius 2 is 1.86 bits per heavy atom. The van der Waals surface area contributed by atoms with Crippen LogP contribution < -0.4 is 0 Å². The van der Waals surface area contributed by atoms with Crippen LogP contribution >= 0.6 is 0 Å². The summed E-state index contributed by atoms with van der Waals surface area (Å²) in [4.78, 5) is 10.0. The summed E-state index contributed by atoms with van der Waals surface area (Å²) in [5, 5.41) is 9.02. The molecule has 0 aromatic heterocycles. The summed E-state index contributed by atoms with van der Waals surface area (Å²) in [6.45, 7) is 1.31. The van der Waals surface area contributed by atoms with Gasteiger partial charge in [-0.15, -0.1) is 0 Å². The Labute approximate surface area is 121 Å². The number of rotatable bonds is 3. The Balaban J connectivity index is 2.45. The van der Waals surface area contributed by atoms with Crippen molar-refractivity contribution in [3.63, 3.8) is 0 Å². The third kappa shape index (κ3) is 2.91. The van der Waals surface area contributed by atoms with Crippen LogP contribution in [0.5, 0.6) is 0 Å². The first-order valence-electron chi connectivity index (χ1n) is 6.43. The van der Waals surface area contributed by atoms with Crippen molar-refractivity contribution < 1.29 is 27.1 Å². The zero-order valence-electron chi connectivity index (χ0n) is 11.3. The lowest BCUT2D eigenvalue weighted by Crippen LogP contribution is -2.47. The summed E-state index contributed by atoms with van der Waals surface area (Å²) in [6.07, 6.45) is 0.661.